The van der Waals surface area contributed by atoms with Gasteiger partial charge in [-0.15, -0.1) is 12.4 Å². The molecular weight excluding hydrogens is 368 g/mol. The van der Waals surface area contributed by atoms with Gasteiger partial charge in [-0.05, 0) is 31.4 Å². The average Bonchev–Trinajstić information content (AvgIpc) is 3.21. The van der Waals surface area contributed by atoms with Crippen LogP contribution in [0.3, 0.4) is 0 Å². The SMILES string of the molecule is Cl.NC1(c2noc(-c3cn[nH]c3-c3cccc(OC(F)F)c3)n2)CCC1. The Morgan fingerprint density at radius 1 is 1.31 bits per heavy atom. The number of alkyl halides is 2. The van der Waals surface area contributed by atoms with Crippen LogP contribution < -0.4 is 10.5 Å². The molecule has 3 aromatic rings. The summed E-state index contributed by atoms with van der Waals surface area (Å²) in [6, 6.07) is 6.28. The van der Waals surface area contributed by atoms with Crippen molar-refractivity contribution in [1.82, 2.24) is 20.3 Å². The Hall–Kier alpha value is -2.52. The third-order valence-electron chi connectivity index (χ3n) is 4.33. The van der Waals surface area contributed by atoms with E-state index in [9.17, 15) is 8.78 Å². The van der Waals surface area contributed by atoms with Gasteiger partial charge in [-0.2, -0.15) is 18.9 Å². The molecule has 0 aliphatic heterocycles. The first-order valence-electron chi connectivity index (χ1n) is 7.77. The second-order valence-electron chi connectivity index (χ2n) is 6.00. The molecule has 26 heavy (non-hydrogen) atoms. The molecule has 0 spiro atoms. The maximum atomic E-state index is 12.4. The van der Waals surface area contributed by atoms with Crippen LogP contribution in [0.2, 0.25) is 0 Å². The zero-order chi connectivity index (χ0) is 17.4. The summed E-state index contributed by atoms with van der Waals surface area (Å²) in [7, 11) is 0. The summed E-state index contributed by atoms with van der Waals surface area (Å²) < 4.78 is 34.6. The zero-order valence-electron chi connectivity index (χ0n) is 13.5. The first kappa shape index (κ1) is 18.3. The fourth-order valence-corrected chi connectivity index (χ4v) is 2.81. The second-order valence-corrected chi connectivity index (χ2v) is 6.00. The Kier molecular flexibility index (Phi) is 4.92. The monoisotopic (exact) mass is 383 g/mol. The maximum absolute atomic E-state index is 12.4. The number of hydrogen-bond donors (Lipinski definition) is 2. The number of nitrogens with zero attached hydrogens (tertiary/aromatic N) is 3. The van der Waals surface area contributed by atoms with Gasteiger partial charge in [-0.1, -0.05) is 17.3 Å². The number of rotatable bonds is 5. The molecule has 0 radical (unpaired) electrons. The van der Waals surface area contributed by atoms with Gasteiger partial charge < -0.3 is 15.0 Å². The lowest BCUT2D eigenvalue weighted by Gasteiger charge is -2.34. The second kappa shape index (κ2) is 7.00. The van der Waals surface area contributed by atoms with Crippen molar-refractivity contribution in [2.75, 3.05) is 0 Å². The molecule has 138 valence electrons. The van der Waals surface area contributed by atoms with Gasteiger partial charge in [-0.3, -0.25) is 5.10 Å². The van der Waals surface area contributed by atoms with Gasteiger partial charge in [0.05, 0.1) is 23.0 Å². The summed E-state index contributed by atoms with van der Waals surface area (Å²) in [5.74, 6) is 0.793. The summed E-state index contributed by atoms with van der Waals surface area (Å²) in [5.41, 5.74) is 7.42. The van der Waals surface area contributed by atoms with Crippen molar-refractivity contribution in [2.45, 2.75) is 31.4 Å². The molecule has 0 saturated heterocycles. The van der Waals surface area contributed by atoms with Gasteiger partial charge in [-0.25, -0.2) is 0 Å². The van der Waals surface area contributed by atoms with Crippen molar-refractivity contribution in [3.8, 4) is 28.5 Å². The minimum Gasteiger partial charge on any atom is -0.435 e. The Bertz CT molecular complexity index is 894. The van der Waals surface area contributed by atoms with Crippen LogP contribution >= 0.6 is 12.4 Å². The van der Waals surface area contributed by atoms with E-state index in [0.29, 0.717) is 22.6 Å². The number of nitrogens with one attached hydrogen (secondary N) is 1. The van der Waals surface area contributed by atoms with E-state index >= 15 is 0 Å². The van der Waals surface area contributed by atoms with Crippen molar-refractivity contribution in [2.24, 2.45) is 5.73 Å². The lowest BCUT2D eigenvalue weighted by atomic mass is 9.77. The van der Waals surface area contributed by atoms with Crippen LogP contribution in [0.1, 0.15) is 25.1 Å². The van der Waals surface area contributed by atoms with Crippen LogP contribution in [0.5, 0.6) is 5.75 Å². The van der Waals surface area contributed by atoms with E-state index in [1.54, 1.807) is 12.1 Å². The molecule has 0 unspecified atom stereocenters. The molecule has 0 atom stereocenters. The van der Waals surface area contributed by atoms with Gasteiger partial charge in [0, 0.05) is 5.56 Å². The predicted molar refractivity (Wildman–Crippen MR) is 90.9 cm³/mol. The van der Waals surface area contributed by atoms with Gasteiger partial charge in [0.2, 0.25) is 0 Å². The number of aromatic amines is 1. The third kappa shape index (κ3) is 3.27. The van der Waals surface area contributed by atoms with Gasteiger partial charge in [0.15, 0.2) is 5.82 Å². The number of ether oxygens (including phenoxy) is 1. The molecular formula is C16H16ClF2N5O2. The first-order chi connectivity index (χ1) is 12.0. The van der Waals surface area contributed by atoms with E-state index in [1.165, 1.54) is 18.3 Å². The average molecular weight is 384 g/mol. The van der Waals surface area contributed by atoms with Crippen LogP contribution in [0.15, 0.2) is 35.0 Å². The quantitative estimate of drug-likeness (QED) is 0.699. The van der Waals surface area contributed by atoms with Crippen molar-refractivity contribution in [1.29, 1.82) is 0 Å². The Morgan fingerprint density at radius 2 is 2.12 bits per heavy atom. The summed E-state index contributed by atoms with van der Waals surface area (Å²) >= 11 is 0. The first-order valence-corrected chi connectivity index (χ1v) is 7.77. The molecule has 1 aliphatic rings. The highest BCUT2D eigenvalue weighted by atomic mass is 35.5. The molecule has 7 nitrogen and oxygen atoms in total. The molecule has 1 fully saturated rings. The van der Waals surface area contributed by atoms with Crippen LogP contribution in [0.4, 0.5) is 8.78 Å². The van der Waals surface area contributed by atoms with Crippen molar-refractivity contribution < 1.29 is 18.0 Å². The summed E-state index contributed by atoms with van der Waals surface area (Å²) in [6.07, 6.45) is 4.21. The number of benzene rings is 1. The molecule has 3 N–H and O–H groups in total. The molecule has 1 aliphatic carbocycles. The molecule has 4 rings (SSSR count). The van der Waals surface area contributed by atoms with E-state index < -0.39 is 12.2 Å². The Morgan fingerprint density at radius 3 is 2.81 bits per heavy atom. The van der Waals surface area contributed by atoms with Crippen LogP contribution in [-0.2, 0) is 5.54 Å². The lowest BCUT2D eigenvalue weighted by molar-refractivity contribution is -0.0498. The van der Waals surface area contributed by atoms with Crippen molar-refractivity contribution >= 4 is 12.4 Å². The minimum atomic E-state index is -2.89. The minimum absolute atomic E-state index is 0. The number of hydrogen-bond acceptors (Lipinski definition) is 6. The highest BCUT2D eigenvalue weighted by molar-refractivity contribution is 5.85. The highest BCUT2D eigenvalue weighted by Gasteiger charge is 2.39. The summed E-state index contributed by atoms with van der Waals surface area (Å²) in [5, 5.41) is 10.8. The van der Waals surface area contributed by atoms with Crippen LogP contribution in [0.25, 0.3) is 22.7 Å². The van der Waals surface area contributed by atoms with E-state index in [4.69, 9.17) is 10.3 Å². The Labute approximate surface area is 153 Å². The molecule has 10 heteroatoms. The third-order valence-corrected chi connectivity index (χ3v) is 4.33. The lowest BCUT2D eigenvalue weighted by Crippen LogP contribution is -2.44. The molecule has 0 amide bonds. The molecule has 2 aromatic heterocycles. The van der Waals surface area contributed by atoms with Gasteiger partial charge >= 0.3 is 6.61 Å². The van der Waals surface area contributed by atoms with E-state index in [-0.39, 0.29) is 24.0 Å². The van der Waals surface area contributed by atoms with Gasteiger partial charge in [0.1, 0.15) is 5.75 Å². The Balaban J connectivity index is 0.00000196. The fourth-order valence-electron chi connectivity index (χ4n) is 2.81. The highest BCUT2D eigenvalue weighted by Crippen LogP contribution is 2.38. The van der Waals surface area contributed by atoms with E-state index in [2.05, 4.69) is 25.1 Å². The summed E-state index contributed by atoms with van der Waals surface area (Å²) in [4.78, 5) is 4.39. The standard InChI is InChI=1S/C16H15F2N5O2.ClH/c17-15(18)24-10-4-1-3-9(7-10)12-11(8-20-22-12)13-21-14(23-25-13)16(19)5-2-6-16;/h1,3-4,7-8,15H,2,5-6,19H2,(H,20,22);1H. The zero-order valence-corrected chi connectivity index (χ0v) is 14.3. The van der Waals surface area contributed by atoms with Crippen LogP contribution in [-0.4, -0.2) is 26.9 Å². The molecule has 1 aromatic carbocycles. The maximum Gasteiger partial charge on any atom is 0.387 e. The number of halogens is 3. The van der Waals surface area contributed by atoms with Crippen molar-refractivity contribution in [3.63, 3.8) is 0 Å². The number of nitrogens with two attached hydrogens (primary N) is 1. The molecule has 1 saturated carbocycles. The van der Waals surface area contributed by atoms with E-state index in [0.717, 1.165) is 19.3 Å². The largest absolute Gasteiger partial charge is 0.435 e. The van der Waals surface area contributed by atoms with Crippen molar-refractivity contribution in [3.05, 3.63) is 36.3 Å². The topological polar surface area (TPSA) is 103 Å². The van der Waals surface area contributed by atoms with E-state index in [1.807, 2.05) is 0 Å². The summed E-state index contributed by atoms with van der Waals surface area (Å²) in [6.45, 7) is -2.89. The molecule has 0 bridgehead atoms. The smallest absolute Gasteiger partial charge is 0.387 e. The molecule has 2 heterocycles. The number of H-pyrrole nitrogens is 1. The number of aromatic nitrogens is 4. The van der Waals surface area contributed by atoms with Gasteiger partial charge in [0.25, 0.3) is 5.89 Å². The predicted octanol–water partition coefficient (Wildman–Crippen LogP) is 3.49. The fraction of sp³-hybridized carbons (Fsp3) is 0.312. The van der Waals surface area contributed by atoms with Crippen LogP contribution in [0, 0.1) is 0 Å². The normalized spacial score (nSPS) is 15.4.